The Morgan fingerprint density at radius 3 is 2.82 bits per heavy atom. The van der Waals surface area contributed by atoms with Crippen LogP contribution in [0.25, 0.3) is 11.3 Å². The number of aromatic nitrogens is 2. The number of nitrogens with zero attached hydrogens (tertiary/aromatic N) is 1. The van der Waals surface area contributed by atoms with Gasteiger partial charge >= 0.3 is 0 Å². The number of halogens is 1. The monoisotopic (exact) mass is 318 g/mol. The molecule has 1 aromatic carbocycles. The first kappa shape index (κ1) is 16.3. The molecule has 0 atom stereocenters. The number of benzene rings is 1. The van der Waals surface area contributed by atoms with Crippen molar-refractivity contribution in [2.24, 2.45) is 0 Å². The van der Waals surface area contributed by atoms with Crippen LogP contribution in [0.15, 0.2) is 48.2 Å². The zero-order valence-electron chi connectivity index (χ0n) is 12.1. The molecule has 3 N–H and O–H groups in total. The molecule has 2 heterocycles. The fourth-order valence-electron chi connectivity index (χ4n) is 2.40. The van der Waals surface area contributed by atoms with Gasteiger partial charge in [-0.3, -0.25) is 9.89 Å². The van der Waals surface area contributed by atoms with Gasteiger partial charge in [-0.1, -0.05) is 42.0 Å². The number of amides is 1. The van der Waals surface area contributed by atoms with Crippen LogP contribution in [0, 0.1) is 0 Å². The predicted octanol–water partition coefficient (Wildman–Crippen LogP) is 2.15. The smallest absolute Gasteiger partial charge is 0.255 e. The van der Waals surface area contributed by atoms with E-state index in [0.29, 0.717) is 12.1 Å². The van der Waals surface area contributed by atoms with Crippen molar-refractivity contribution in [3.63, 3.8) is 0 Å². The van der Waals surface area contributed by atoms with Gasteiger partial charge in [0.1, 0.15) is 0 Å². The molecule has 0 bridgehead atoms. The Morgan fingerprint density at radius 1 is 1.27 bits per heavy atom. The fourth-order valence-corrected chi connectivity index (χ4v) is 2.40. The minimum atomic E-state index is -0.0953. The van der Waals surface area contributed by atoms with Crippen molar-refractivity contribution in [1.82, 2.24) is 20.8 Å². The molecule has 0 spiro atoms. The van der Waals surface area contributed by atoms with Crippen molar-refractivity contribution in [1.29, 1.82) is 0 Å². The van der Waals surface area contributed by atoms with Crippen molar-refractivity contribution in [3.05, 3.63) is 53.7 Å². The van der Waals surface area contributed by atoms with E-state index in [1.807, 2.05) is 30.3 Å². The Hall–Kier alpha value is -2.11. The SMILES string of the molecule is Cl.O=C(NCC1=CCNCC1)c1cn[nH]c1-c1ccccc1. The lowest BCUT2D eigenvalue weighted by molar-refractivity contribution is 0.0957. The van der Waals surface area contributed by atoms with Crippen LogP contribution in [0.2, 0.25) is 0 Å². The van der Waals surface area contributed by atoms with Gasteiger partial charge in [0.2, 0.25) is 0 Å². The zero-order valence-corrected chi connectivity index (χ0v) is 13.0. The molecule has 0 aliphatic carbocycles. The minimum absolute atomic E-state index is 0. The van der Waals surface area contributed by atoms with E-state index >= 15 is 0 Å². The standard InChI is InChI=1S/C16H18N4O.ClH/c21-16(18-10-12-6-8-17-9-7-12)14-11-19-20-15(14)13-4-2-1-3-5-13;/h1-6,11,17H,7-10H2,(H,18,21)(H,19,20);1H. The lowest BCUT2D eigenvalue weighted by Gasteiger charge is -2.14. The summed E-state index contributed by atoms with van der Waals surface area (Å²) < 4.78 is 0. The molecule has 0 saturated carbocycles. The number of aromatic amines is 1. The van der Waals surface area contributed by atoms with Crippen LogP contribution in [0.4, 0.5) is 0 Å². The highest BCUT2D eigenvalue weighted by molar-refractivity contribution is 5.99. The van der Waals surface area contributed by atoms with Gasteiger partial charge in [0.15, 0.2) is 0 Å². The van der Waals surface area contributed by atoms with Crippen molar-refractivity contribution >= 4 is 18.3 Å². The van der Waals surface area contributed by atoms with Gasteiger partial charge in [-0.05, 0) is 13.0 Å². The molecule has 6 heteroatoms. The Bertz CT molecular complexity index is 651. The van der Waals surface area contributed by atoms with E-state index in [1.165, 1.54) is 5.57 Å². The van der Waals surface area contributed by atoms with E-state index in [-0.39, 0.29) is 18.3 Å². The first-order valence-electron chi connectivity index (χ1n) is 7.10. The average molecular weight is 319 g/mol. The van der Waals surface area contributed by atoms with Gasteiger partial charge in [-0.15, -0.1) is 12.4 Å². The molecular weight excluding hydrogens is 300 g/mol. The first-order chi connectivity index (χ1) is 10.3. The molecule has 0 saturated heterocycles. The van der Waals surface area contributed by atoms with E-state index < -0.39 is 0 Å². The van der Waals surface area contributed by atoms with E-state index in [1.54, 1.807) is 6.20 Å². The summed E-state index contributed by atoms with van der Waals surface area (Å²) in [7, 11) is 0. The quantitative estimate of drug-likeness (QED) is 0.757. The second kappa shape index (κ2) is 7.77. The fraction of sp³-hybridized carbons (Fsp3) is 0.250. The third kappa shape index (κ3) is 3.75. The van der Waals surface area contributed by atoms with Crippen LogP contribution in [0.1, 0.15) is 16.8 Å². The first-order valence-corrected chi connectivity index (χ1v) is 7.10. The van der Waals surface area contributed by atoms with Crippen molar-refractivity contribution in [3.8, 4) is 11.3 Å². The Balaban J connectivity index is 0.00000176. The summed E-state index contributed by atoms with van der Waals surface area (Å²) in [5.74, 6) is -0.0953. The van der Waals surface area contributed by atoms with Crippen LogP contribution in [0.3, 0.4) is 0 Å². The molecular formula is C16H19ClN4O. The van der Waals surface area contributed by atoms with E-state index in [4.69, 9.17) is 0 Å². The minimum Gasteiger partial charge on any atom is -0.348 e. The lowest BCUT2D eigenvalue weighted by atomic mass is 10.1. The summed E-state index contributed by atoms with van der Waals surface area (Å²) in [6.45, 7) is 2.45. The summed E-state index contributed by atoms with van der Waals surface area (Å²) in [5, 5.41) is 13.1. The van der Waals surface area contributed by atoms with Crippen molar-refractivity contribution in [2.45, 2.75) is 6.42 Å². The van der Waals surface area contributed by atoms with Crippen molar-refractivity contribution in [2.75, 3.05) is 19.6 Å². The normalized spacial score (nSPS) is 13.9. The number of hydrogen-bond acceptors (Lipinski definition) is 3. The largest absolute Gasteiger partial charge is 0.348 e. The molecule has 3 rings (SSSR count). The number of rotatable bonds is 4. The van der Waals surface area contributed by atoms with Crippen LogP contribution >= 0.6 is 12.4 Å². The summed E-state index contributed by atoms with van der Waals surface area (Å²) in [6, 6.07) is 9.75. The number of nitrogens with one attached hydrogen (secondary N) is 3. The number of carbonyl (C=O) groups is 1. The highest BCUT2D eigenvalue weighted by Gasteiger charge is 2.15. The average Bonchev–Trinajstić information content (AvgIpc) is 3.04. The Morgan fingerprint density at radius 2 is 2.09 bits per heavy atom. The third-order valence-electron chi connectivity index (χ3n) is 3.58. The van der Waals surface area contributed by atoms with Crippen LogP contribution < -0.4 is 10.6 Å². The van der Waals surface area contributed by atoms with E-state index in [0.717, 1.165) is 30.8 Å². The molecule has 1 aromatic heterocycles. The molecule has 1 amide bonds. The highest BCUT2D eigenvalue weighted by Crippen LogP contribution is 2.20. The molecule has 5 nitrogen and oxygen atoms in total. The van der Waals surface area contributed by atoms with Gasteiger partial charge in [0, 0.05) is 18.7 Å². The molecule has 2 aromatic rings. The van der Waals surface area contributed by atoms with Gasteiger partial charge in [-0.25, -0.2) is 0 Å². The summed E-state index contributed by atoms with van der Waals surface area (Å²) in [5.41, 5.74) is 3.57. The second-order valence-corrected chi connectivity index (χ2v) is 5.02. The lowest BCUT2D eigenvalue weighted by Crippen LogP contribution is -2.29. The Labute approximate surface area is 135 Å². The maximum absolute atomic E-state index is 12.3. The van der Waals surface area contributed by atoms with Gasteiger partial charge in [0.05, 0.1) is 17.5 Å². The topological polar surface area (TPSA) is 69.8 Å². The molecule has 0 radical (unpaired) electrons. The number of H-pyrrole nitrogens is 1. The van der Waals surface area contributed by atoms with Gasteiger partial charge in [-0.2, -0.15) is 5.10 Å². The van der Waals surface area contributed by atoms with Crippen LogP contribution in [-0.4, -0.2) is 35.7 Å². The zero-order chi connectivity index (χ0) is 14.5. The molecule has 0 fully saturated rings. The van der Waals surface area contributed by atoms with Gasteiger partial charge in [0.25, 0.3) is 5.91 Å². The van der Waals surface area contributed by atoms with Crippen LogP contribution in [-0.2, 0) is 0 Å². The van der Waals surface area contributed by atoms with Crippen LogP contribution in [0.5, 0.6) is 0 Å². The molecule has 1 aliphatic rings. The molecule has 22 heavy (non-hydrogen) atoms. The number of hydrogen-bond donors (Lipinski definition) is 3. The summed E-state index contributed by atoms with van der Waals surface area (Å²) in [6.07, 6.45) is 4.70. The summed E-state index contributed by atoms with van der Waals surface area (Å²) >= 11 is 0. The molecule has 1 aliphatic heterocycles. The number of carbonyl (C=O) groups excluding carboxylic acids is 1. The summed E-state index contributed by atoms with van der Waals surface area (Å²) in [4.78, 5) is 12.3. The molecule has 0 unspecified atom stereocenters. The molecule has 116 valence electrons. The Kier molecular flexibility index (Phi) is 5.75. The van der Waals surface area contributed by atoms with Gasteiger partial charge < -0.3 is 10.6 Å². The third-order valence-corrected chi connectivity index (χ3v) is 3.58. The van der Waals surface area contributed by atoms with E-state index in [9.17, 15) is 4.79 Å². The highest BCUT2D eigenvalue weighted by atomic mass is 35.5. The van der Waals surface area contributed by atoms with E-state index in [2.05, 4.69) is 26.9 Å². The van der Waals surface area contributed by atoms with Crippen molar-refractivity contribution < 1.29 is 4.79 Å². The maximum atomic E-state index is 12.3. The second-order valence-electron chi connectivity index (χ2n) is 5.02. The predicted molar refractivity (Wildman–Crippen MR) is 89.2 cm³/mol. The maximum Gasteiger partial charge on any atom is 0.255 e.